The Morgan fingerprint density at radius 3 is 2.85 bits per heavy atom. The van der Waals surface area contributed by atoms with Gasteiger partial charge in [0.1, 0.15) is 11.9 Å². The van der Waals surface area contributed by atoms with E-state index < -0.39 is 0 Å². The number of benzene rings is 1. The van der Waals surface area contributed by atoms with Gasteiger partial charge in [-0.25, -0.2) is 4.98 Å². The van der Waals surface area contributed by atoms with E-state index in [2.05, 4.69) is 22.1 Å². The Labute approximate surface area is 197 Å². The van der Waals surface area contributed by atoms with Gasteiger partial charge in [-0.05, 0) is 62.1 Å². The maximum absolute atomic E-state index is 13.9. The fraction of sp³-hybridized carbons (Fsp3) is 0.346. The molecule has 8 nitrogen and oxygen atoms in total. The van der Waals surface area contributed by atoms with Crippen molar-refractivity contribution in [3.63, 3.8) is 0 Å². The van der Waals surface area contributed by atoms with Crippen LogP contribution < -0.4 is 5.73 Å². The first-order chi connectivity index (χ1) is 16.5. The molecule has 3 atom stereocenters. The first kappa shape index (κ1) is 21.8. The molecule has 0 saturated heterocycles. The number of amides is 1. The molecule has 3 aromatic rings. The Morgan fingerprint density at radius 2 is 2.12 bits per heavy atom. The van der Waals surface area contributed by atoms with Gasteiger partial charge in [-0.15, -0.1) is 0 Å². The molecule has 0 radical (unpaired) electrons. The van der Waals surface area contributed by atoms with Crippen LogP contribution in [0.5, 0.6) is 0 Å². The highest BCUT2D eigenvalue weighted by molar-refractivity contribution is 5.99. The number of hydrogen-bond donors (Lipinski definition) is 1. The highest BCUT2D eigenvalue weighted by atomic mass is 16.5. The number of nitrogens with zero attached hydrogens (tertiary/aromatic N) is 5. The van der Waals surface area contributed by atoms with Crippen LogP contribution >= 0.6 is 0 Å². The molecule has 8 heteroatoms. The summed E-state index contributed by atoms with van der Waals surface area (Å²) >= 11 is 0. The van der Waals surface area contributed by atoms with E-state index >= 15 is 0 Å². The summed E-state index contributed by atoms with van der Waals surface area (Å²) in [7, 11) is 0. The van der Waals surface area contributed by atoms with Gasteiger partial charge in [0.15, 0.2) is 0 Å². The average Bonchev–Trinajstić information content (AvgIpc) is 3.49. The second-order valence-corrected chi connectivity index (χ2v) is 8.89. The summed E-state index contributed by atoms with van der Waals surface area (Å²) in [5.74, 6) is 0.0865. The number of carbonyl (C=O) groups excluding carboxylic acids is 1. The lowest BCUT2D eigenvalue weighted by Gasteiger charge is -2.31. The quantitative estimate of drug-likeness (QED) is 0.633. The molecule has 1 aromatic carbocycles. The minimum atomic E-state index is -0.220. The van der Waals surface area contributed by atoms with Crippen molar-refractivity contribution in [2.45, 2.75) is 51.5 Å². The molecule has 0 bridgehead atoms. The van der Waals surface area contributed by atoms with Crippen molar-refractivity contribution in [2.24, 2.45) is 5.92 Å². The van der Waals surface area contributed by atoms with Crippen LogP contribution in [0.3, 0.4) is 0 Å². The molecule has 34 heavy (non-hydrogen) atoms. The van der Waals surface area contributed by atoms with E-state index in [4.69, 9.17) is 15.7 Å². The molecule has 2 N–H and O–H groups in total. The van der Waals surface area contributed by atoms with E-state index in [0.717, 1.165) is 41.3 Å². The van der Waals surface area contributed by atoms with Crippen LogP contribution in [0, 0.1) is 28.6 Å². The fourth-order valence-electron chi connectivity index (χ4n) is 5.13. The van der Waals surface area contributed by atoms with Crippen LogP contribution in [0.2, 0.25) is 0 Å². The fourth-order valence-corrected chi connectivity index (χ4v) is 5.13. The standard InChI is InChI=1S/C26H24N6O2/c1-15-24-21(14-34-15)20-9-17(6-8-22(20)31-25(24)29)26(33)32(23-4-2-3-18(23)11-28)13-19-7-5-16(10-27)12-30-19/h5-9,12,15,18,23H,2-4,13-14H2,1H3,(H2,29,31)/t15-,18+,23-/m1/s1. The van der Waals surface area contributed by atoms with Gasteiger partial charge in [-0.2, -0.15) is 10.5 Å². The Morgan fingerprint density at radius 1 is 1.26 bits per heavy atom. The molecule has 3 heterocycles. The van der Waals surface area contributed by atoms with Crippen LogP contribution in [0.4, 0.5) is 5.82 Å². The zero-order valence-electron chi connectivity index (χ0n) is 18.9. The minimum absolute atomic E-state index is 0.139. The summed E-state index contributed by atoms with van der Waals surface area (Å²) in [5.41, 5.74) is 10.4. The summed E-state index contributed by atoms with van der Waals surface area (Å²) in [5, 5.41) is 19.6. The number of carbonyl (C=O) groups is 1. The predicted octanol–water partition coefficient (Wildman–Crippen LogP) is 4.01. The smallest absolute Gasteiger partial charge is 0.254 e. The maximum atomic E-state index is 13.9. The van der Waals surface area contributed by atoms with E-state index in [1.54, 1.807) is 23.1 Å². The highest BCUT2D eigenvalue weighted by Gasteiger charge is 2.36. The van der Waals surface area contributed by atoms with Gasteiger partial charge in [-0.1, -0.05) is 0 Å². The number of nitrogen functional groups attached to an aromatic ring is 1. The maximum Gasteiger partial charge on any atom is 0.254 e. The zero-order valence-corrected chi connectivity index (χ0v) is 18.9. The Bertz CT molecular complexity index is 1350. The van der Waals surface area contributed by atoms with Gasteiger partial charge in [0.2, 0.25) is 0 Å². The minimum Gasteiger partial charge on any atom is -0.383 e. The molecular formula is C26H24N6O2. The molecule has 1 saturated carbocycles. The predicted molar refractivity (Wildman–Crippen MR) is 125 cm³/mol. The van der Waals surface area contributed by atoms with Gasteiger partial charge in [-0.3, -0.25) is 9.78 Å². The summed E-state index contributed by atoms with van der Waals surface area (Å²) in [4.78, 5) is 24.5. The first-order valence-electron chi connectivity index (χ1n) is 11.4. The molecule has 0 unspecified atom stereocenters. The third-order valence-corrected chi connectivity index (χ3v) is 6.89. The Hall–Kier alpha value is -4.01. The number of ether oxygens (including phenoxy) is 1. The first-order valence-corrected chi connectivity index (χ1v) is 11.4. The van der Waals surface area contributed by atoms with E-state index in [1.807, 2.05) is 19.1 Å². The number of anilines is 1. The van der Waals surface area contributed by atoms with Gasteiger partial charge in [0.25, 0.3) is 5.91 Å². The van der Waals surface area contributed by atoms with E-state index in [-0.39, 0.29) is 30.5 Å². The number of aromatic nitrogens is 2. The van der Waals surface area contributed by atoms with Crippen molar-refractivity contribution in [3.8, 4) is 12.1 Å². The van der Waals surface area contributed by atoms with Gasteiger partial charge in [0.05, 0.1) is 48.0 Å². The molecule has 5 rings (SSSR count). The van der Waals surface area contributed by atoms with Crippen LogP contribution in [0.25, 0.3) is 10.9 Å². The summed E-state index contributed by atoms with van der Waals surface area (Å²) in [6, 6.07) is 13.1. The average molecular weight is 453 g/mol. The molecule has 1 aliphatic carbocycles. The van der Waals surface area contributed by atoms with Crippen molar-refractivity contribution in [3.05, 3.63) is 64.5 Å². The molecular weight excluding hydrogens is 428 g/mol. The highest BCUT2D eigenvalue weighted by Crippen LogP contribution is 2.38. The summed E-state index contributed by atoms with van der Waals surface area (Å²) in [6.07, 6.45) is 3.81. The molecule has 1 amide bonds. The SMILES string of the molecule is C[C@H]1OCc2c1c(N)nc1ccc(C(=O)N(Cc3ccc(C#N)cn3)[C@@H]3CCC[C@H]3C#N)cc21. The third kappa shape index (κ3) is 3.72. The number of pyridine rings is 2. The number of hydrogen-bond acceptors (Lipinski definition) is 7. The lowest BCUT2D eigenvalue weighted by molar-refractivity contribution is 0.0636. The monoisotopic (exact) mass is 452 g/mol. The normalized spacial score (nSPS) is 21.1. The van der Waals surface area contributed by atoms with Crippen molar-refractivity contribution in [2.75, 3.05) is 5.73 Å². The third-order valence-electron chi connectivity index (χ3n) is 6.89. The number of rotatable bonds is 4. The summed E-state index contributed by atoms with van der Waals surface area (Å²) < 4.78 is 5.79. The lowest BCUT2D eigenvalue weighted by Crippen LogP contribution is -2.41. The van der Waals surface area contributed by atoms with Crippen molar-refractivity contribution < 1.29 is 9.53 Å². The molecule has 170 valence electrons. The Kier molecular flexibility index (Phi) is 5.61. The van der Waals surface area contributed by atoms with Gasteiger partial charge in [0, 0.05) is 28.8 Å². The van der Waals surface area contributed by atoms with Crippen molar-refractivity contribution in [1.29, 1.82) is 10.5 Å². The van der Waals surface area contributed by atoms with Crippen LogP contribution in [0.15, 0.2) is 36.5 Å². The second kappa shape index (κ2) is 8.74. The van der Waals surface area contributed by atoms with Crippen LogP contribution in [-0.4, -0.2) is 26.8 Å². The van der Waals surface area contributed by atoms with E-state index in [1.165, 1.54) is 6.20 Å². The molecule has 1 aliphatic heterocycles. The number of nitrogens with two attached hydrogens (primary N) is 1. The van der Waals surface area contributed by atoms with E-state index in [9.17, 15) is 10.1 Å². The molecule has 2 aliphatic rings. The molecule has 0 spiro atoms. The summed E-state index contributed by atoms with van der Waals surface area (Å²) in [6.45, 7) is 2.64. The van der Waals surface area contributed by atoms with Crippen molar-refractivity contribution >= 4 is 22.6 Å². The van der Waals surface area contributed by atoms with Crippen molar-refractivity contribution in [1.82, 2.24) is 14.9 Å². The molecule has 2 aromatic heterocycles. The second-order valence-electron chi connectivity index (χ2n) is 8.89. The molecule has 1 fully saturated rings. The van der Waals surface area contributed by atoms with Crippen LogP contribution in [-0.2, 0) is 17.9 Å². The lowest BCUT2D eigenvalue weighted by atomic mass is 9.98. The largest absolute Gasteiger partial charge is 0.383 e. The van der Waals surface area contributed by atoms with Gasteiger partial charge < -0.3 is 15.4 Å². The van der Waals surface area contributed by atoms with Gasteiger partial charge >= 0.3 is 0 Å². The topological polar surface area (TPSA) is 129 Å². The van der Waals surface area contributed by atoms with Crippen LogP contribution in [0.1, 0.15) is 65.0 Å². The zero-order chi connectivity index (χ0) is 23.8. The number of nitriles is 2. The number of fused-ring (bicyclic) bond motifs is 3. The Balaban J connectivity index is 1.54. The van der Waals surface area contributed by atoms with E-state index in [0.29, 0.717) is 29.2 Å².